The first-order valence-electron chi connectivity index (χ1n) is 11.6. The largest absolute Gasteiger partial charge is 0.465 e. The lowest BCUT2D eigenvalue weighted by atomic mass is 9.88. The Balaban J connectivity index is 1.49. The van der Waals surface area contributed by atoms with Gasteiger partial charge >= 0.3 is 5.97 Å². The summed E-state index contributed by atoms with van der Waals surface area (Å²) in [5, 5.41) is 5.05. The van der Waals surface area contributed by atoms with E-state index in [4.69, 9.17) is 14.1 Å². The van der Waals surface area contributed by atoms with Gasteiger partial charge in [-0.15, -0.1) is 0 Å². The highest BCUT2D eigenvalue weighted by Gasteiger charge is 2.22. The SMILES string of the molecule is COC(=O)c1ccc(-c2ccc(C=Nn3c(C4CCCCC4)nc4ccc(Br)cc4c3=O)o2)cc1. The van der Waals surface area contributed by atoms with Gasteiger partial charge in [-0.25, -0.2) is 9.78 Å². The molecule has 178 valence electrons. The summed E-state index contributed by atoms with van der Waals surface area (Å²) in [5.74, 6) is 1.64. The van der Waals surface area contributed by atoms with Gasteiger partial charge in [-0.2, -0.15) is 9.78 Å². The van der Waals surface area contributed by atoms with Crippen molar-refractivity contribution in [1.29, 1.82) is 0 Å². The molecule has 0 amide bonds. The molecule has 1 aliphatic rings. The molecule has 2 aromatic carbocycles. The third kappa shape index (κ3) is 4.84. The monoisotopic (exact) mass is 533 g/mol. The van der Waals surface area contributed by atoms with Crippen LogP contribution in [0.15, 0.2) is 73.4 Å². The highest BCUT2D eigenvalue weighted by atomic mass is 79.9. The van der Waals surface area contributed by atoms with Crippen LogP contribution in [0.2, 0.25) is 0 Å². The van der Waals surface area contributed by atoms with E-state index in [0.29, 0.717) is 33.8 Å². The summed E-state index contributed by atoms with van der Waals surface area (Å²) in [6.07, 6.45) is 7.00. The van der Waals surface area contributed by atoms with Gasteiger partial charge in [-0.3, -0.25) is 4.79 Å². The zero-order valence-corrected chi connectivity index (χ0v) is 20.8. The Morgan fingerprint density at radius 1 is 1.11 bits per heavy atom. The third-order valence-electron chi connectivity index (χ3n) is 6.32. The van der Waals surface area contributed by atoms with Gasteiger partial charge in [0.15, 0.2) is 0 Å². The molecular formula is C27H24BrN3O4. The lowest BCUT2D eigenvalue weighted by Crippen LogP contribution is -2.25. The van der Waals surface area contributed by atoms with Crippen LogP contribution in [0.4, 0.5) is 0 Å². The molecule has 4 aromatic rings. The van der Waals surface area contributed by atoms with Crippen molar-refractivity contribution in [2.45, 2.75) is 38.0 Å². The second-order valence-electron chi connectivity index (χ2n) is 8.60. The molecule has 2 aromatic heterocycles. The normalized spacial score (nSPS) is 14.6. The molecule has 0 aliphatic heterocycles. The van der Waals surface area contributed by atoms with Crippen molar-refractivity contribution in [3.63, 3.8) is 0 Å². The van der Waals surface area contributed by atoms with Crippen molar-refractivity contribution in [3.8, 4) is 11.3 Å². The molecule has 1 fully saturated rings. The standard InChI is InChI=1S/C27H24BrN3O4/c1-34-27(33)19-9-7-17(8-10-19)24-14-12-21(35-24)16-29-31-25(18-5-3-2-4-6-18)30-23-13-11-20(28)15-22(23)26(31)32/h7-16,18H,2-6H2,1H3. The van der Waals surface area contributed by atoms with Crippen LogP contribution >= 0.6 is 15.9 Å². The van der Waals surface area contributed by atoms with Gasteiger partial charge in [0.1, 0.15) is 17.3 Å². The predicted octanol–water partition coefficient (Wildman–Crippen LogP) is 6.14. The molecule has 0 saturated heterocycles. The Hall–Kier alpha value is -3.52. The number of carbonyl (C=O) groups is 1. The molecule has 0 bridgehead atoms. The van der Waals surface area contributed by atoms with Crippen molar-refractivity contribution in [3.05, 3.63) is 86.6 Å². The average Bonchev–Trinajstić information content (AvgIpc) is 3.37. The fourth-order valence-corrected chi connectivity index (χ4v) is 4.84. The highest BCUT2D eigenvalue weighted by molar-refractivity contribution is 9.10. The molecular weight excluding hydrogens is 510 g/mol. The van der Waals surface area contributed by atoms with Crippen LogP contribution in [-0.4, -0.2) is 29.0 Å². The van der Waals surface area contributed by atoms with Gasteiger partial charge in [0.05, 0.1) is 29.8 Å². The Labute approximate surface area is 210 Å². The van der Waals surface area contributed by atoms with E-state index in [1.54, 1.807) is 42.6 Å². The van der Waals surface area contributed by atoms with Gasteiger partial charge in [0.2, 0.25) is 0 Å². The number of nitrogens with zero attached hydrogens (tertiary/aromatic N) is 3. The third-order valence-corrected chi connectivity index (χ3v) is 6.81. The lowest BCUT2D eigenvalue weighted by Gasteiger charge is -2.22. The summed E-state index contributed by atoms with van der Waals surface area (Å²) in [5.41, 5.74) is 1.77. The summed E-state index contributed by atoms with van der Waals surface area (Å²) in [4.78, 5) is 29.9. The minimum atomic E-state index is -0.390. The first kappa shape index (κ1) is 23.2. The van der Waals surface area contributed by atoms with Crippen LogP contribution in [0.25, 0.3) is 22.2 Å². The van der Waals surface area contributed by atoms with Crippen LogP contribution in [0.3, 0.4) is 0 Å². The number of rotatable bonds is 5. The van der Waals surface area contributed by atoms with E-state index < -0.39 is 0 Å². The molecule has 5 rings (SSSR count). The number of furan rings is 1. The van der Waals surface area contributed by atoms with Crippen molar-refractivity contribution < 1.29 is 13.9 Å². The Bertz CT molecular complexity index is 1460. The molecule has 0 radical (unpaired) electrons. The number of carbonyl (C=O) groups excluding carboxylic acids is 1. The molecule has 35 heavy (non-hydrogen) atoms. The van der Waals surface area contributed by atoms with Crippen molar-refractivity contribution in [1.82, 2.24) is 9.66 Å². The van der Waals surface area contributed by atoms with Crippen molar-refractivity contribution in [2.75, 3.05) is 7.11 Å². The van der Waals surface area contributed by atoms with Gasteiger partial charge < -0.3 is 9.15 Å². The maximum atomic E-state index is 13.4. The number of halogens is 1. The number of methoxy groups -OCH3 is 1. The minimum absolute atomic E-state index is 0.196. The Kier molecular flexibility index (Phi) is 6.63. The van der Waals surface area contributed by atoms with E-state index in [2.05, 4.69) is 21.0 Å². The smallest absolute Gasteiger partial charge is 0.337 e. The molecule has 8 heteroatoms. The number of esters is 1. The molecule has 0 N–H and O–H groups in total. The summed E-state index contributed by atoms with van der Waals surface area (Å²) < 4.78 is 12.9. The van der Waals surface area contributed by atoms with E-state index >= 15 is 0 Å². The molecule has 0 unspecified atom stereocenters. The molecule has 1 saturated carbocycles. The number of benzene rings is 2. The maximum absolute atomic E-state index is 13.4. The van der Waals surface area contributed by atoms with E-state index in [1.165, 1.54) is 18.2 Å². The second kappa shape index (κ2) is 10.00. The van der Waals surface area contributed by atoms with E-state index in [-0.39, 0.29) is 17.4 Å². The minimum Gasteiger partial charge on any atom is -0.465 e. The quantitative estimate of drug-likeness (QED) is 0.227. The Morgan fingerprint density at radius 2 is 1.89 bits per heavy atom. The molecule has 1 aliphatic carbocycles. The fraction of sp³-hybridized carbons (Fsp3) is 0.259. The number of hydrogen-bond donors (Lipinski definition) is 0. The van der Waals surface area contributed by atoms with Crippen LogP contribution in [-0.2, 0) is 4.74 Å². The van der Waals surface area contributed by atoms with Crippen molar-refractivity contribution >= 4 is 39.0 Å². The van der Waals surface area contributed by atoms with Crippen LogP contribution in [0.1, 0.15) is 60.0 Å². The lowest BCUT2D eigenvalue weighted by molar-refractivity contribution is 0.0600. The van der Waals surface area contributed by atoms with E-state index in [9.17, 15) is 9.59 Å². The van der Waals surface area contributed by atoms with E-state index in [1.807, 2.05) is 18.2 Å². The van der Waals surface area contributed by atoms with E-state index in [0.717, 1.165) is 35.7 Å². The summed E-state index contributed by atoms with van der Waals surface area (Å²) in [6, 6.07) is 16.1. The number of fused-ring (bicyclic) bond motifs is 1. The second-order valence-corrected chi connectivity index (χ2v) is 9.51. The molecule has 7 nitrogen and oxygen atoms in total. The van der Waals surface area contributed by atoms with Gasteiger partial charge in [0.25, 0.3) is 5.56 Å². The first-order chi connectivity index (χ1) is 17.0. The number of aromatic nitrogens is 2. The summed E-state index contributed by atoms with van der Waals surface area (Å²) in [7, 11) is 1.35. The number of hydrogen-bond acceptors (Lipinski definition) is 6. The molecule has 2 heterocycles. The van der Waals surface area contributed by atoms with Gasteiger partial charge in [0, 0.05) is 16.0 Å². The van der Waals surface area contributed by atoms with Gasteiger partial charge in [-0.1, -0.05) is 47.3 Å². The molecule has 0 spiro atoms. The van der Waals surface area contributed by atoms with Crippen LogP contribution in [0.5, 0.6) is 0 Å². The zero-order valence-electron chi connectivity index (χ0n) is 19.2. The average molecular weight is 534 g/mol. The number of ether oxygens (including phenoxy) is 1. The first-order valence-corrected chi connectivity index (χ1v) is 12.4. The maximum Gasteiger partial charge on any atom is 0.337 e. The van der Waals surface area contributed by atoms with Crippen molar-refractivity contribution in [2.24, 2.45) is 5.10 Å². The predicted molar refractivity (Wildman–Crippen MR) is 138 cm³/mol. The van der Waals surface area contributed by atoms with Crippen LogP contribution < -0.4 is 5.56 Å². The highest BCUT2D eigenvalue weighted by Crippen LogP contribution is 2.32. The Morgan fingerprint density at radius 3 is 2.63 bits per heavy atom. The zero-order chi connectivity index (χ0) is 24.4. The molecule has 0 atom stereocenters. The fourth-order valence-electron chi connectivity index (χ4n) is 4.48. The topological polar surface area (TPSA) is 86.7 Å². The van der Waals surface area contributed by atoms with Crippen LogP contribution in [0, 0.1) is 0 Å². The summed E-state index contributed by atoms with van der Waals surface area (Å²) >= 11 is 3.45. The van der Waals surface area contributed by atoms with Gasteiger partial charge in [-0.05, 0) is 55.3 Å². The summed E-state index contributed by atoms with van der Waals surface area (Å²) in [6.45, 7) is 0.